The topological polar surface area (TPSA) is 55.8 Å². The van der Waals surface area contributed by atoms with Crippen LogP contribution in [-0.4, -0.2) is 30.4 Å². The number of methoxy groups -OCH3 is 1. The monoisotopic (exact) mass is 294 g/mol. The van der Waals surface area contributed by atoms with Crippen LogP contribution in [-0.2, 0) is 16.0 Å². The normalized spacial score (nSPS) is 15.1. The van der Waals surface area contributed by atoms with Gasteiger partial charge in [0, 0.05) is 0 Å². The summed E-state index contributed by atoms with van der Waals surface area (Å²) >= 11 is 0. The molecule has 2 atom stereocenters. The molecule has 0 aliphatic heterocycles. The second kappa shape index (κ2) is 8.03. The minimum absolute atomic E-state index is 0.320. The van der Waals surface area contributed by atoms with Crippen LogP contribution in [0.5, 0.6) is 5.75 Å². The number of ether oxygens (including phenoxy) is 2. The van der Waals surface area contributed by atoms with Crippen molar-refractivity contribution in [1.29, 1.82) is 0 Å². The Morgan fingerprint density at radius 3 is 2.38 bits per heavy atom. The maximum absolute atomic E-state index is 11.9. The third kappa shape index (κ3) is 5.05. The van der Waals surface area contributed by atoms with Gasteiger partial charge in [0.2, 0.25) is 0 Å². The quantitative estimate of drug-likeness (QED) is 0.749. The summed E-state index contributed by atoms with van der Waals surface area (Å²) in [4.78, 5) is 11.9. The second-order valence-corrected chi connectivity index (χ2v) is 5.42. The standard InChI is InChI=1S/C17H26O4/c1-5-15(16(18)21-6-2)17(3,19)12-11-13-7-9-14(20-4)10-8-13/h7-10,15,19H,5-6,11-12H2,1-4H3. The third-order valence-electron chi connectivity index (χ3n) is 3.81. The molecule has 0 aliphatic rings. The molecule has 1 aromatic rings. The maximum atomic E-state index is 11.9. The van der Waals surface area contributed by atoms with Crippen LogP contribution in [0.15, 0.2) is 24.3 Å². The number of aliphatic hydroxyl groups is 1. The predicted octanol–water partition coefficient (Wildman–Crippen LogP) is 2.97. The Labute approximate surface area is 127 Å². The van der Waals surface area contributed by atoms with Crippen molar-refractivity contribution in [3.05, 3.63) is 29.8 Å². The summed E-state index contributed by atoms with van der Waals surface area (Å²) in [7, 11) is 1.63. The number of aryl methyl sites for hydroxylation is 1. The van der Waals surface area contributed by atoms with E-state index in [1.165, 1.54) is 0 Å². The minimum atomic E-state index is -1.07. The SMILES string of the molecule is CCOC(=O)C(CC)C(C)(O)CCc1ccc(OC)cc1. The van der Waals surface area contributed by atoms with Gasteiger partial charge < -0.3 is 14.6 Å². The highest BCUT2D eigenvalue weighted by atomic mass is 16.5. The fourth-order valence-corrected chi connectivity index (χ4v) is 2.47. The first-order valence-electron chi connectivity index (χ1n) is 7.46. The summed E-state index contributed by atoms with van der Waals surface area (Å²) < 4.78 is 10.2. The Balaban J connectivity index is 2.66. The molecule has 0 heterocycles. The van der Waals surface area contributed by atoms with Gasteiger partial charge in [-0.15, -0.1) is 0 Å². The van der Waals surface area contributed by atoms with Gasteiger partial charge in [0.05, 0.1) is 25.2 Å². The lowest BCUT2D eigenvalue weighted by Crippen LogP contribution is -2.40. The van der Waals surface area contributed by atoms with Crippen molar-refractivity contribution in [2.24, 2.45) is 5.92 Å². The van der Waals surface area contributed by atoms with E-state index in [1.807, 2.05) is 31.2 Å². The number of carbonyl (C=O) groups is 1. The van der Waals surface area contributed by atoms with Crippen LogP contribution in [0.25, 0.3) is 0 Å². The minimum Gasteiger partial charge on any atom is -0.497 e. The van der Waals surface area contributed by atoms with E-state index < -0.39 is 11.5 Å². The van der Waals surface area contributed by atoms with E-state index in [1.54, 1.807) is 21.0 Å². The molecule has 0 saturated carbocycles. The smallest absolute Gasteiger partial charge is 0.311 e. The molecule has 118 valence electrons. The van der Waals surface area contributed by atoms with Gasteiger partial charge in [0.15, 0.2) is 0 Å². The molecule has 4 nitrogen and oxygen atoms in total. The molecule has 0 saturated heterocycles. The van der Waals surface area contributed by atoms with Crippen LogP contribution in [0, 0.1) is 5.92 Å². The lowest BCUT2D eigenvalue weighted by atomic mass is 9.82. The zero-order valence-electron chi connectivity index (χ0n) is 13.4. The van der Waals surface area contributed by atoms with E-state index in [9.17, 15) is 9.90 Å². The lowest BCUT2D eigenvalue weighted by Gasteiger charge is -2.30. The molecular weight excluding hydrogens is 268 g/mol. The van der Waals surface area contributed by atoms with Crippen molar-refractivity contribution < 1.29 is 19.4 Å². The van der Waals surface area contributed by atoms with Crippen LogP contribution < -0.4 is 4.74 Å². The Bertz CT molecular complexity index is 437. The molecule has 2 unspecified atom stereocenters. The Morgan fingerprint density at radius 2 is 1.90 bits per heavy atom. The number of hydrogen-bond acceptors (Lipinski definition) is 4. The van der Waals surface area contributed by atoms with Gasteiger partial charge in [-0.2, -0.15) is 0 Å². The molecule has 0 aromatic heterocycles. The van der Waals surface area contributed by atoms with Crippen LogP contribution in [0.2, 0.25) is 0 Å². The first-order valence-corrected chi connectivity index (χ1v) is 7.46. The molecule has 1 N–H and O–H groups in total. The largest absolute Gasteiger partial charge is 0.497 e. The van der Waals surface area contributed by atoms with E-state index in [0.29, 0.717) is 25.9 Å². The molecule has 4 heteroatoms. The highest BCUT2D eigenvalue weighted by molar-refractivity contribution is 5.73. The second-order valence-electron chi connectivity index (χ2n) is 5.42. The first-order chi connectivity index (χ1) is 9.94. The molecular formula is C17H26O4. The molecule has 0 spiro atoms. The molecule has 1 aromatic carbocycles. The van der Waals surface area contributed by atoms with Crippen molar-refractivity contribution in [2.75, 3.05) is 13.7 Å². The van der Waals surface area contributed by atoms with E-state index in [0.717, 1.165) is 11.3 Å². The van der Waals surface area contributed by atoms with Crippen LogP contribution in [0.4, 0.5) is 0 Å². The van der Waals surface area contributed by atoms with Crippen molar-refractivity contribution >= 4 is 5.97 Å². The average Bonchev–Trinajstić information content (AvgIpc) is 2.46. The summed E-state index contributed by atoms with van der Waals surface area (Å²) in [5.74, 6) is -0.00102. The van der Waals surface area contributed by atoms with E-state index in [-0.39, 0.29) is 5.97 Å². The number of rotatable bonds is 8. The third-order valence-corrected chi connectivity index (χ3v) is 3.81. The van der Waals surface area contributed by atoms with Gasteiger partial charge in [-0.25, -0.2) is 0 Å². The molecule has 1 rings (SSSR count). The summed E-state index contributed by atoms with van der Waals surface area (Å²) in [6.45, 7) is 5.71. The van der Waals surface area contributed by atoms with Crippen LogP contribution >= 0.6 is 0 Å². The predicted molar refractivity (Wildman–Crippen MR) is 82.4 cm³/mol. The molecule has 21 heavy (non-hydrogen) atoms. The van der Waals surface area contributed by atoms with E-state index in [2.05, 4.69) is 0 Å². The van der Waals surface area contributed by atoms with Crippen molar-refractivity contribution in [3.63, 3.8) is 0 Å². The maximum Gasteiger partial charge on any atom is 0.311 e. The molecule has 0 aliphatic carbocycles. The molecule has 0 fully saturated rings. The molecule has 0 radical (unpaired) electrons. The first kappa shape index (κ1) is 17.5. The number of carbonyl (C=O) groups excluding carboxylic acids is 1. The van der Waals surface area contributed by atoms with Crippen molar-refractivity contribution in [3.8, 4) is 5.75 Å². The fraction of sp³-hybridized carbons (Fsp3) is 0.588. The fourth-order valence-electron chi connectivity index (χ4n) is 2.47. The van der Waals surface area contributed by atoms with E-state index >= 15 is 0 Å². The Kier molecular flexibility index (Phi) is 6.69. The Morgan fingerprint density at radius 1 is 1.29 bits per heavy atom. The van der Waals surface area contributed by atoms with Gasteiger partial charge in [-0.3, -0.25) is 4.79 Å². The number of hydrogen-bond donors (Lipinski definition) is 1. The van der Waals surface area contributed by atoms with E-state index in [4.69, 9.17) is 9.47 Å². The van der Waals surface area contributed by atoms with Gasteiger partial charge in [-0.1, -0.05) is 19.1 Å². The van der Waals surface area contributed by atoms with Crippen LogP contribution in [0.3, 0.4) is 0 Å². The van der Waals surface area contributed by atoms with Gasteiger partial charge in [0.1, 0.15) is 5.75 Å². The summed E-state index contributed by atoms with van der Waals surface area (Å²) in [6, 6.07) is 7.74. The van der Waals surface area contributed by atoms with Crippen molar-refractivity contribution in [1.82, 2.24) is 0 Å². The zero-order valence-corrected chi connectivity index (χ0v) is 13.4. The number of benzene rings is 1. The highest BCUT2D eigenvalue weighted by Gasteiger charge is 2.36. The van der Waals surface area contributed by atoms with Gasteiger partial charge in [0.25, 0.3) is 0 Å². The zero-order chi connectivity index (χ0) is 15.9. The summed E-state index contributed by atoms with van der Waals surface area (Å²) in [6.07, 6.45) is 1.78. The lowest BCUT2D eigenvalue weighted by molar-refractivity contribution is -0.158. The van der Waals surface area contributed by atoms with Crippen molar-refractivity contribution in [2.45, 2.75) is 45.6 Å². The number of esters is 1. The summed E-state index contributed by atoms with van der Waals surface area (Å²) in [5, 5.41) is 10.6. The molecule has 0 bridgehead atoms. The Hall–Kier alpha value is -1.55. The molecule has 0 amide bonds. The highest BCUT2D eigenvalue weighted by Crippen LogP contribution is 2.27. The van der Waals surface area contributed by atoms with Crippen LogP contribution in [0.1, 0.15) is 39.2 Å². The average molecular weight is 294 g/mol. The van der Waals surface area contributed by atoms with Gasteiger partial charge in [-0.05, 0) is 50.8 Å². The van der Waals surface area contributed by atoms with Gasteiger partial charge >= 0.3 is 5.97 Å². The summed E-state index contributed by atoms with van der Waals surface area (Å²) in [5.41, 5.74) is 0.0378.